The molecule has 0 bridgehead atoms. The number of nitrogens with zero attached hydrogens (tertiary/aromatic N) is 3. The van der Waals surface area contributed by atoms with Crippen molar-refractivity contribution in [2.75, 3.05) is 6.35 Å². The number of fused-ring (bicyclic) bond motifs is 1. The molecule has 3 aromatic rings. The number of imidazole rings is 1. The average Bonchev–Trinajstić information content (AvgIpc) is 3.26. The lowest BCUT2D eigenvalue weighted by molar-refractivity contribution is -0.149. The maximum atomic E-state index is 13.6. The summed E-state index contributed by atoms with van der Waals surface area (Å²) in [4.78, 5) is 23.4. The number of aromatic amines is 1. The molecule has 0 saturated carbocycles. The molecule has 0 spiro atoms. The van der Waals surface area contributed by atoms with E-state index in [0.29, 0.717) is 23.5 Å². The Labute approximate surface area is 191 Å². The molecule has 2 aromatic heterocycles. The van der Waals surface area contributed by atoms with Crippen LogP contribution in [0.15, 0.2) is 43.0 Å². The number of rotatable bonds is 11. The first-order valence-electron chi connectivity index (χ1n) is 10.5. The molecule has 0 fully saturated rings. The summed E-state index contributed by atoms with van der Waals surface area (Å²) in [7, 11) is -3.65. The van der Waals surface area contributed by atoms with Crippen LogP contribution in [0.3, 0.4) is 0 Å². The predicted octanol–water partition coefficient (Wildman–Crippen LogP) is 2.80. The highest BCUT2D eigenvalue weighted by Gasteiger charge is 2.32. The summed E-state index contributed by atoms with van der Waals surface area (Å²) in [5.74, 6) is -0.148. The van der Waals surface area contributed by atoms with Crippen LogP contribution in [0.4, 0.5) is 0 Å². The van der Waals surface area contributed by atoms with Crippen molar-refractivity contribution in [1.82, 2.24) is 24.6 Å². The second-order valence-electron chi connectivity index (χ2n) is 7.87. The number of carbonyl (C=O) groups excluding carboxylic acids is 1. The van der Waals surface area contributed by atoms with E-state index >= 15 is 0 Å². The minimum atomic E-state index is -3.65. The number of benzene rings is 1. The highest BCUT2D eigenvalue weighted by molar-refractivity contribution is 7.57. The number of esters is 1. The van der Waals surface area contributed by atoms with Crippen LogP contribution < -0.4 is 15.1 Å². The van der Waals surface area contributed by atoms with Gasteiger partial charge in [-0.1, -0.05) is 18.2 Å². The number of nitrogens with one attached hydrogen (secondary N) is 3. The zero-order valence-corrected chi connectivity index (χ0v) is 19.9. The summed E-state index contributed by atoms with van der Waals surface area (Å²) in [5, 5.41) is 10.6. The van der Waals surface area contributed by atoms with Gasteiger partial charge >= 0.3 is 13.5 Å². The van der Waals surface area contributed by atoms with Gasteiger partial charge in [0.25, 0.3) is 0 Å². The molecule has 3 N–H and O–H groups in total. The van der Waals surface area contributed by atoms with Crippen LogP contribution >= 0.6 is 7.52 Å². The van der Waals surface area contributed by atoms with E-state index in [4.69, 9.17) is 19.4 Å². The van der Waals surface area contributed by atoms with Crippen molar-refractivity contribution in [3.63, 3.8) is 0 Å². The summed E-state index contributed by atoms with van der Waals surface area (Å²) in [5.41, 5.74) is 1.18. The Morgan fingerprint density at radius 1 is 1.21 bits per heavy atom. The Balaban J connectivity index is 1.71. The van der Waals surface area contributed by atoms with Gasteiger partial charge in [0.2, 0.25) is 0 Å². The highest BCUT2D eigenvalue weighted by Crippen LogP contribution is 2.44. The third kappa shape index (κ3) is 6.74. The Bertz CT molecular complexity index is 1180. The third-order valence-electron chi connectivity index (χ3n) is 4.53. The fraction of sp³-hybridized carbons (Fsp3) is 0.429. The normalized spacial score (nSPS) is 15.2. The first kappa shape index (κ1) is 24.6. The van der Waals surface area contributed by atoms with Crippen LogP contribution in [0.5, 0.6) is 5.75 Å². The van der Waals surface area contributed by atoms with Crippen molar-refractivity contribution in [3.8, 4) is 5.75 Å². The molecule has 0 radical (unpaired) electrons. The Morgan fingerprint density at radius 3 is 2.64 bits per heavy atom. The van der Waals surface area contributed by atoms with E-state index in [0.717, 1.165) is 0 Å². The summed E-state index contributed by atoms with van der Waals surface area (Å²) in [6.07, 6.45) is 2.02. The van der Waals surface area contributed by atoms with Crippen molar-refractivity contribution in [3.05, 3.63) is 48.5 Å². The smallest absolute Gasteiger partial charge is 0.342 e. The number of carbonyl (C=O) groups is 1. The van der Waals surface area contributed by atoms with Crippen LogP contribution in [0.2, 0.25) is 0 Å². The second kappa shape index (κ2) is 10.7. The standard InChI is InChI=1S/C21H29N6O5P/c1-14(2)31-21(28)16(4)26-33(29,32-17-8-6-5-7-9-17)13-30-15(3)10-27-12-25-19(22)18-20(27)24-11-23-18/h5-9,11-12,14-16,22H,10,13H2,1-4H3,(H,23,24)(H,26,29)/t15-,16+,33?/m1/s1. The number of hydrogen-bond acceptors (Lipinski definition) is 8. The van der Waals surface area contributed by atoms with E-state index in [1.807, 2.05) is 13.0 Å². The molecule has 1 aromatic carbocycles. The van der Waals surface area contributed by atoms with Crippen molar-refractivity contribution < 1.29 is 23.4 Å². The molecule has 11 nitrogen and oxygen atoms in total. The monoisotopic (exact) mass is 476 g/mol. The van der Waals surface area contributed by atoms with Gasteiger partial charge in [-0.25, -0.2) is 15.1 Å². The van der Waals surface area contributed by atoms with Crippen molar-refractivity contribution in [2.24, 2.45) is 0 Å². The van der Waals surface area contributed by atoms with Crippen molar-refractivity contribution in [2.45, 2.75) is 52.5 Å². The van der Waals surface area contributed by atoms with Crippen LogP contribution in [0, 0.1) is 5.41 Å². The van der Waals surface area contributed by atoms with Crippen LogP contribution in [0.1, 0.15) is 27.7 Å². The Kier molecular flexibility index (Phi) is 8.01. The first-order chi connectivity index (χ1) is 15.7. The molecular formula is C21H29N6O5P. The quantitative estimate of drug-likeness (QED) is 0.283. The van der Waals surface area contributed by atoms with Crippen molar-refractivity contribution in [1.29, 1.82) is 5.41 Å². The van der Waals surface area contributed by atoms with Gasteiger partial charge in [0.1, 0.15) is 23.7 Å². The molecule has 0 saturated heterocycles. The average molecular weight is 476 g/mol. The predicted molar refractivity (Wildman–Crippen MR) is 122 cm³/mol. The zero-order chi connectivity index (χ0) is 24.0. The number of H-pyrrole nitrogens is 1. The first-order valence-corrected chi connectivity index (χ1v) is 12.3. The van der Waals surface area contributed by atoms with Gasteiger partial charge in [-0.3, -0.25) is 14.8 Å². The van der Waals surface area contributed by atoms with Gasteiger partial charge in [0, 0.05) is 0 Å². The van der Waals surface area contributed by atoms with Gasteiger partial charge in [-0.05, 0) is 39.8 Å². The number of para-hydroxylation sites is 1. The minimum absolute atomic E-state index is 0.0968. The molecule has 3 atom stereocenters. The lowest BCUT2D eigenvalue weighted by atomic mass is 10.3. The Hall–Kier alpha value is -3.01. The lowest BCUT2D eigenvalue weighted by Gasteiger charge is -2.25. The summed E-state index contributed by atoms with van der Waals surface area (Å²) < 4.78 is 32.2. The third-order valence-corrected chi connectivity index (χ3v) is 6.30. The Morgan fingerprint density at radius 2 is 1.94 bits per heavy atom. The fourth-order valence-electron chi connectivity index (χ4n) is 3.04. The molecule has 178 valence electrons. The number of ether oxygens (including phenoxy) is 2. The zero-order valence-electron chi connectivity index (χ0n) is 19.0. The van der Waals surface area contributed by atoms with Gasteiger partial charge in [-0.15, -0.1) is 0 Å². The summed E-state index contributed by atoms with van der Waals surface area (Å²) in [6, 6.07) is 7.81. The molecule has 1 unspecified atom stereocenters. The fourth-order valence-corrected chi connectivity index (χ4v) is 4.83. The molecular weight excluding hydrogens is 447 g/mol. The minimum Gasteiger partial charge on any atom is -0.462 e. The van der Waals surface area contributed by atoms with E-state index in [2.05, 4.69) is 20.0 Å². The molecule has 0 aliphatic heterocycles. The highest BCUT2D eigenvalue weighted by atomic mass is 31.2. The summed E-state index contributed by atoms with van der Waals surface area (Å²) in [6.45, 7) is 7.21. The van der Waals surface area contributed by atoms with Gasteiger partial charge < -0.3 is 23.5 Å². The van der Waals surface area contributed by atoms with Crippen molar-refractivity contribution >= 4 is 24.7 Å². The molecule has 0 aliphatic rings. The van der Waals surface area contributed by atoms with Crippen LogP contribution in [0.25, 0.3) is 11.2 Å². The largest absolute Gasteiger partial charge is 0.462 e. The SMILES string of the molecule is CC(C)OC(=O)[C@H](C)NP(=O)(CO[C@H](C)Cn1cnc(=N)c2[nH]cnc21)Oc1ccccc1. The van der Waals surface area contributed by atoms with E-state index in [-0.39, 0.29) is 17.9 Å². The molecule has 2 heterocycles. The molecule has 3 rings (SSSR count). The van der Waals surface area contributed by atoms with Gasteiger partial charge in [-0.2, -0.15) is 0 Å². The second-order valence-corrected chi connectivity index (χ2v) is 9.91. The van der Waals surface area contributed by atoms with Crippen LogP contribution in [-0.2, 0) is 25.4 Å². The molecule has 0 aliphatic carbocycles. The van der Waals surface area contributed by atoms with E-state index in [9.17, 15) is 9.36 Å². The molecule has 0 amide bonds. The maximum Gasteiger partial charge on any atom is 0.342 e. The number of aromatic nitrogens is 4. The van der Waals surface area contributed by atoms with Crippen LogP contribution in [-0.4, -0.2) is 50.1 Å². The molecule has 12 heteroatoms. The lowest BCUT2D eigenvalue weighted by Crippen LogP contribution is -2.37. The molecule has 33 heavy (non-hydrogen) atoms. The van der Waals surface area contributed by atoms with Gasteiger partial charge in [0.05, 0.1) is 31.4 Å². The van der Waals surface area contributed by atoms with Gasteiger partial charge in [0.15, 0.2) is 11.1 Å². The van der Waals surface area contributed by atoms with E-state index in [1.165, 1.54) is 12.7 Å². The number of hydrogen-bond donors (Lipinski definition) is 3. The summed E-state index contributed by atoms with van der Waals surface area (Å²) >= 11 is 0. The maximum absolute atomic E-state index is 13.6. The van der Waals surface area contributed by atoms with E-state index in [1.54, 1.807) is 49.6 Å². The topological polar surface area (TPSA) is 144 Å². The van der Waals surface area contributed by atoms with E-state index < -0.39 is 25.6 Å².